The molecule has 0 atom stereocenters. The van der Waals surface area contributed by atoms with Crippen molar-refractivity contribution < 1.29 is 27.5 Å². The smallest absolute Gasteiger partial charge is 0.338 e. The lowest BCUT2D eigenvalue weighted by atomic mass is 10.2. The summed E-state index contributed by atoms with van der Waals surface area (Å²) in [6.45, 7) is 3.78. The molecule has 0 heterocycles. The first kappa shape index (κ1) is 28.2. The van der Waals surface area contributed by atoms with Crippen molar-refractivity contribution in [1.82, 2.24) is 0 Å². The van der Waals surface area contributed by atoms with Crippen molar-refractivity contribution in [2.45, 2.75) is 31.6 Å². The van der Waals surface area contributed by atoms with Crippen LogP contribution in [0.1, 0.15) is 35.7 Å². The minimum absolute atomic E-state index is 0.000474. The first-order valence-corrected chi connectivity index (χ1v) is 13.9. The number of nitrogens with zero attached hydrogens (tertiary/aromatic N) is 1. The number of carbonyl (C=O) groups is 2. The van der Waals surface area contributed by atoms with Crippen molar-refractivity contribution in [2.24, 2.45) is 0 Å². The summed E-state index contributed by atoms with van der Waals surface area (Å²) in [6.07, 6.45) is 1.71. The first-order valence-electron chi connectivity index (χ1n) is 11.7. The Morgan fingerprint density at radius 3 is 2.27 bits per heavy atom. The van der Waals surface area contributed by atoms with Crippen molar-refractivity contribution >= 4 is 49.2 Å². The number of aryl methyl sites for hydroxylation is 1. The Morgan fingerprint density at radius 2 is 1.68 bits per heavy atom. The van der Waals surface area contributed by atoms with Crippen molar-refractivity contribution in [2.75, 3.05) is 29.9 Å². The second-order valence-electron chi connectivity index (χ2n) is 8.26. The zero-order chi connectivity index (χ0) is 27.0. The lowest BCUT2D eigenvalue weighted by molar-refractivity contribution is -0.114. The van der Waals surface area contributed by atoms with Gasteiger partial charge in [0.2, 0.25) is 5.91 Å². The molecule has 3 rings (SSSR count). The van der Waals surface area contributed by atoms with Crippen LogP contribution in [0.25, 0.3) is 0 Å². The van der Waals surface area contributed by atoms with Gasteiger partial charge >= 0.3 is 5.97 Å². The quantitative estimate of drug-likeness (QED) is 0.232. The molecule has 0 spiro atoms. The maximum Gasteiger partial charge on any atom is 0.338 e. The minimum Gasteiger partial charge on any atom is -0.496 e. The predicted octanol–water partition coefficient (Wildman–Crippen LogP) is 5.56. The van der Waals surface area contributed by atoms with E-state index in [0.717, 1.165) is 22.7 Å². The average Bonchev–Trinajstić information content (AvgIpc) is 2.88. The molecule has 0 aliphatic rings. The fourth-order valence-corrected chi connectivity index (χ4v) is 5.51. The number of sulfonamides is 1. The van der Waals surface area contributed by atoms with E-state index in [1.54, 1.807) is 54.6 Å². The van der Waals surface area contributed by atoms with Gasteiger partial charge in [0.05, 0.1) is 34.3 Å². The molecule has 1 amide bonds. The van der Waals surface area contributed by atoms with Gasteiger partial charge in [0.25, 0.3) is 10.0 Å². The Labute approximate surface area is 225 Å². The minimum atomic E-state index is -4.11. The number of anilines is 2. The molecule has 0 fully saturated rings. The van der Waals surface area contributed by atoms with Crippen molar-refractivity contribution in [3.8, 4) is 5.75 Å². The maximum atomic E-state index is 13.6. The summed E-state index contributed by atoms with van der Waals surface area (Å²) in [5.41, 5.74) is 2.08. The first-order chi connectivity index (χ1) is 17.6. The van der Waals surface area contributed by atoms with Crippen molar-refractivity contribution in [3.63, 3.8) is 0 Å². The lowest BCUT2D eigenvalue weighted by Crippen LogP contribution is -2.38. The highest BCUT2D eigenvalue weighted by molar-refractivity contribution is 9.10. The average molecular weight is 590 g/mol. The number of ether oxygens (including phenoxy) is 2. The van der Waals surface area contributed by atoms with Crippen LogP contribution in [0.3, 0.4) is 0 Å². The van der Waals surface area contributed by atoms with Crippen LogP contribution >= 0.6 is 15.9 Å². The molecule has 8 nitrogen and oxygen atoms in total. The number of hydrogen-bond donors (Lipinski definition) is 1. The Bertz CT molecular complexity index is 1340. The molecule has 0 saturated heterocycles. The maximum absolute atomic E-state index is 13.6. The highest BCUT2D eigenvalue weighted by Crippen LogP contribution is 2.31. The van der Waals surface area contributed by atoms with E-state index in [0.29, 0.717) is 33.8 Å². The number of carbonyl (C=O) groups excluding carboxylic acids is 2. The van der Waals surface area contributed by atoms with Gasteiger partial charge in [-0.2, -0.15) is 0 Å². The van der Waals surface area contributed by atoms with Gasteiger partial charge in [-0.1, -0.05) is 31.0 Å². The number of amides is 1. The highest BCUT2D eigenvalue weighted by Gasteiger charge is 2.28. The van der Waals surface area contributed by atoms with Gasteiger partial charge in [0.15, 0.2) is 0 Å². The van der Waals surface area contributed by atoms with Crippen LogP contribution in [0.5, 0.6) is 5.75 Å². The molecular weight excluding hydrogens is 560 g/mol. The molecule has 196 valence electrons. The third-order valence-electron chi connectivity index (χ3n) is 5.46. The van der Waals surface area contributed by atoms with Crippen LogP contribution in [0, 0.1) is 6.92 Å². The largest absolute Gasteiger partial charge is 0.496 e. The van der Waals surface area contributed by atoms with Crippen LogP contribution in [0.15, 0.2) is 76.1 Å². The van der Waals surface area contributed by atoms with E-state index in [-0.39, 0.29) is 4.90 Å². The monoisotopic (exact) mass is 588 g/mol. The van der Waals surface area contributed by atoms with Crippen LogP contribution in [-0.4, -0.2) is 40.6 Å². The number of halogens is 1. The highest BCUT2D eigenvalue weighted by atomic mass is 79.9. The standard InChI is InChI=1S/C27H29BrN2O6S/c1-4-5-16-36-27(32)20-8-10-21(11-9-20)29-26(31)18-30(22-12-6-19(2)7-13-22)37(33,34)23-14-15-25(35-3)24(28)17-23/h6-15,17H,4-5,16,18H2,1-3H3,(H,29,31). The fraction of sp³-hybridized carbons (Fsp3) is 0.259. The summed E-state index contributed by atoms with van der Waals surface area (Å²) in [4.78, 5) is 25.1. The van der Waals surface area contributed by atoms with Gasteiger partial charge in [-0.3, -0.25) is 9.10 Å². The molecule has 37 heavy (non-hydrogen) atoms. The summed E-state index contributed by atoms with van der Waals surface area (Å²) in [5, 5.41) is 2.70. The molecule has 3 aromatic carbocycles. The number of hydrogen-bond acceptors (Lipinski definition) is 6. The summed E-state index contributed by atoms with van der Waals surface area (Å²) >= 11 is 3.32. The van der Waals surface area contributed by atoms with Crippen LogP contribution in [-0.2, 0) is 19.6 Å². The SMILES string of the molecule is CCCCOC(=O)c1ccc(NC(=O)CN(c2ccc(C)cc2)S(=O)(=O)c2ccc(OC)c(Br)c2)cc1. The molecule has 0 aliphatic carbocycles. The van der Waals surface area contributed by atoms with E-state index in [1.165, 1.54) is 19.2 Å². The van der Waals surface area contributed by atoms with E-state index < -0.39 is 28.4 Å². The molecule has 1 N–H and O–H groups in total. The summed E-state index contributed by atoms with van der Waals surface area (Å²) in [7, 11) is -2.62. The Morgan fingerprint density at radius 1 is 1.00 bits per heavy atom. The van der Waals surface area contributed by atoms with Gasteiger partial charge in [-0.25, -0.2) is 13.2 Å². The lowest BCUT2D eigenvalue weighted by Gasteiger charge is -2.24. The molecule has 0 aromatic heterocycles. The van der Waals surface area contributed by atoms with Gasteiger partial charge < -0.3 is 14.8 Å². The third kappa shape index (κ3) is 7.33. The zero-order valence-corrected chi connectivity index (χ0v) is 23.3. The summed E-state index contributed by atoms with van der Waals surface area (Å²) in [5.74, 6) is -0.500. The van der Waals surface area contributed by atoms with Gasteiger partial charge in [-0.15, -0.1) is 0 Å². The second-order valence-corrected chi connectivity index (χ2v) is 11.0. The van der Waals surface area contributed by atoms with Crippen LogP contribution in [0.2, 0.25) is 0 Å². The number of unbranched alkanes of at least 4 members (excludes halogenated alkanes) is 1. The molecule has 0 bridgehead atoms. The van der Waals surface area contributed by atoms with Crippen molar-refractivity contribution in [1.29, 1.82) is 0 Å². The van der Waals surface area contributed by atoms with E-state index in [9.17, 15) is 18.0 Å². The zero-order valence-electron chi connectivity index (χ0n) is 20.9. The summed E-state index contributed by atoms with van der Waals surface area (Å²) in [6, 6.07) is 17.5. The van der Waals surface area contributed by atoms with Gasteiger partial charge in [0, 0.05) is 5.69 Å². The van der Waals surface area contributed by atoms with Gasteiger partial charge in [-0.05, 0) is 83.9 Å². The number of nitrogens with one attached hydrogen (secondary N) is 1. The predicted molar refractivity (Wildman–Crippen MR) is 147 cm³/mol. The Hall–Kier alpha value is -3.37. The van der Waals surface area contributed by atoms with E-state index in [2.05, 4.69) is 21.2 Å². The van der Waals surface area contributed by atoms with Crippen LogP contribution < -0.4 is 14.4 Å². The van der Waals surface area contributed by atoms with Crippen molar-refractivity contribution in [3.05, 3.63) is 82.3 Å². The van der Waals surface area contributed by atoms with Gasteiger partial charge in [0.1, 0.15) is 12.3 Å². The molecule has 3 aromatic rings. The van der Waals surface area contributed by atoms with Crippen LogP contribution in [0.4, 0.5) is 11.4 Å². The molecule has 0 radical (unpaired) electrons. The summed E-state index contributed by atoms with van der Waals surface area (Å²) < 4.78 is 39.1. The number of benzene rings is 3. The fourth-order valence-electron chi connectivity index (χ4n) is 3.37. The van der Waals surface area contributed by atoms with E-state index >= 15 is 0 Å². The normalized spacial score (nSPS) is 11.0. The molecule has 0 aliphatic heterocycles. The number of rotatable bonds is 11. The van der Waals surface area contributed by atoms with E-state index in [1.807, 2.05) is 13.8 Å². The molecule has 10 heteroatoms. The molecule has 0 unspecified atom stereocenters. The number of esters is 1. The molecular formula is C27H29BrN2O6S. The number of methoxy groups -OCH3 is 1. The third-order valence-corrected chi connectivity index (χ3v) is 7.85. The van der Waals surface area contributed by atoms with E-state index in [4.69, 9.17) is 9.47 Å². The second kappa shape index (κ2) is 12.7. The molecule has 0 saturated carbocycles. The Balaban J connectivity index is 1.81. The Kier molecular flexibility index (Phi) is 9.71. The topological polar surface area (TPSA) is 102 Å².